The van der Waals surface area contributed by atoms with Crippen LogP contribution in [0.15, 0.2) is 203 Å². The van der Waals surface area contributed by atoms with Crippen molar-refractivity contribution in [3.8, 4) is 34.5 Å². The molecule has 8 bridgehead atoms. The summed E-state index contributed by atoms with van der Waals surface area (Å²) in [7, 11) is 0. The second kappa shape index (κ2) is 28.0. The highest BCUT2D eigenvalue weighted by atomic mass is 32.2. The van der Waals surface area contributed by atoms with Crippen molar-refractivity contribution in [2.75, 3.05) is 26.3 Å². The number of nitro groups is 2. The van der Waals surface area contributed by atoms with Gasteiger partial charge in [-0.2, -0.15) is 20.5 Å². The summed E-state index contributed by atoms with van der Waals surface area (Å²) in [5.74, 6) is 1.15. The first-order valence-electron chi connectivity index (χ1n) is 29.4. The lowest BCUT2D eigenvalue weighted by atomic mass is 9.87. The molecule has 0 spiro atoms. The average Bonchev–Trinajstić information content (AvgIpc) is 0.858. The number of hydrogen-bond acceptors (Lipinski definition) is 20. The summed E-state index contributed by atoms with van der Waals surface area (Å²) in [5.41, 5.74) is 4.87. The summed E-state index contributed by atoms with van der Waals surface area (Å²) >= 11 is 5.58. The van der Waals surface area contributed by atoms with E-state index in [0.29, 0.717) is 65.0 Å². The van der Waals surface area contributed by atoms with Crippen LogP contribution in [0.2, 0.25) is 0 Å². The molecule has 0 atom stereocenters. The Bertz CT molecular complexity index is 3860. The Hall–Kier alpha value is -8.70. The highest BCUT2D eigenvalue weighted by Crippen LogP contribution is 2.56. The molecule has 0 aromatic heterocycles. The molecule has 1 aliphatic rings. The van der Waals surface area contributed by atoms with E-state index in [9.17, 15) is 40.7 Å². The molecule has 0 amide bonds. The van der Waals surface area contributed by atoms with Crippen molar-refractivity contribution in [3.05, 3.63) is 187 Å². The second-order valence-electron chi connectivity index (χ2n) is 25.9. The van der Waals surface area contributed by atoms with E-state index < -0.39 is 9.85 Å². The van der Waals surface area contributed by atoms with E-state index in [-0.39, 0.29) is 82.3 Å². The van der Waals surface area contributed by atoms with Gasteiger partial charge in [-0.25, -0.2) is 0 Å². The molecule has 0 saturated heterocycles. The molecule has 0 saturated carbocycles. The number of nitrogens with zero attached hydrogens (tertiary/aromatic N) is 8. The summed E-state index contributed by atoms with van der Waals surface area (Å²) in [6, 6.07) is 37.4. The molecule has 4 N–H and O–H groups in total. The molecule has 0 fully saturated rings. The monoisotopic (exact) mass is 1310 g/mol. The van der Waals surface area contributed by atoms with Crippen molar-refractivity contribution in [2.24, 2.45) is 30.4 Å². The number of phenolic OH excluding ortho intramolecular Hbond substituents is 4. The van der Waals surface area contributed by atoms with Crippen LogP contribution in [-0.4, -0.2) is 69.0 Å². The number of fused-ring (bicyclic) bond motifs is 8. The van der Waals surface area contributed by atoms with Gasteiger partial charge in [-0.15, -0.1) is 0 Å². The van der Waals surface area contributed by atoms with E-state index in [1.54, 1.807) is 24.3 Å². The Morgan fingerprint density at radius 3 is 0.924 bits per heavy atom. The predicted molar refractivity (Wildman–Crippen MR) is 367 cm³/mol. The number of non-ortho nitro benzene ring substituents is 2. The summed E-state index contributed by atoms with van der Waals surface area (Å²) in [6.07, 6.45) is 3.07. The summed E-state index contributed by atoms with van der Waals surface area (Å²) in [5, 5.41) is 86.6. The number of azo groups is 2. The number of phenols is 4. The van der Waals surface area contributed by atoms with Crippen LogP contribution in [-0.2, 0) is 21.7 Å². The van der Waals surface area contributed by atoms with Crippen LogP contribution in [0.5, 0.6) is 34.5 Å². The highest BCUT2D eigenvalue weighted by Gasteiger charge is 2.30. The molecule has 1 heterocycles. The van der Waals surface area contributed by atoms with Gasteiger partial charge in [-0.1, -0.05) is 130 Å². The second-order valence-corrected chi connectivity index (χ2v) is 30.2. The van der Waals surface area contributed by atoms with Gasteiger partial charge in [0.1, 0.15) is 47.7 Å². The molecule has 9 rings (SSSR count). The van der Waals surface area contributed by atoms with Crippen molar-refractivity contribution < 1.29 is 39.7 Å². The first-order valence-corrected chi connectivity index (χ1v) is 32.7. The number of rotatable bonds is 16. The van der Waals surface area contributed by atoms with Gasteiger partial charge < -0.3 is 29.9 Å². The molecule has 476 valence electrons. The van der Waals surface area contributed by atoms with Crippen LogP contribution in [0.25, 0.3) is 0 Å². The molecule has 22 heteroatoms. The third-order valence-corrected chi connectivity index (χ3v) is 18.8. The number of hydrogen-bond donors (Lipinski definition) is 4. The van der Waals surface area contributed by atoms with Gasteiger partial charge in [-0.05, 0) is 153 Å². The van der Waals surface area contributed by atoms with Crippen LogP contribution in [0, 0.1) is 20.2 Å². The number of nitro benzene ring substituents is 2. The first kappa shape index (κ1) is 67.7. The maximum absolute atomic E-state index is 12.8. The van der Waals surface area contributed by atoms with E-state index in [2.05, 4.69) is 138 Å². The van der Waals surface area contributed by atoms with Gasteiger partial charge in [0.25, 0.3) is 11.4 Å². The predicted octanol–water partition coefficient (Wildman–Crippen LogP) is 20.3. The quantitative estimate of drug-likeness (QED) is 0.0231. The lowest BCUT2D eigenvalue weighted by Gasteiger charge is -2.27. The standard InChI is InChI=1S/C70H72N8O10S4/c1-67(2,3)43-31-55-63(81)56(32-43)90-60-36-46(70(10,11)12)38-62(66(60)88-28-26-72-40-42-30-50(18-24-54(42)80)76-74-48-15-21-52(22-16-48)78(85)86)92-58-34-44(68(4,5)6)33-57(64(58)82)91-61-37-45(69(7,8)9)35-59(89-55)65(61)87-27-25-71-39-41-29-49(17-23-53(41)79)75-73-47-13-19-51(20-14-47)77(83)84/h13-24,29-40,79-82H,25-28H2,1-12H3. The maximum atomic E-state index is 12.8. The third-order valence-electron chi connectivity index (χ3n) is 14.6. The Balaban J connectivity index is 1.10. The summed E-state index contributed by atoms with van der Waals surface area (Å²) < 4.78 is 13.8. The Morgan fingerprint density at radius 2 is 0.652 bits per heavy atom. The lowest BCUT2D eigenvalue weighted by molar-refractivity contribution is -0.385. The van der Waals surface area contributed by atoms with Gasteiger partial charge in [0.2, 0.25) is 0 Å². The van der Waals surface area contributed by atoms with Crippen LogP contribution in [0.4, 0.5) is 34.1 Å². The van der Waals surface area contributed by atoms with Gasteiger partial charge in [0.15, 0.2) is 0 Å². The molecular formula is C70H72N8O10S4. The van der Waals surface area contributed by atoms with Crippen molar-refractivity contribution >= 4 is 93.6 Å². The Kier molecular flexibility index (Phi) is 20.6. The molecule has 92 heavy (non-hydrogen) atoms. The fraction of sp³-hybridized carbons (Fsp3) is 0.286. The Morgan fingerprint density at radius 1 is 0.391 bits per heavy atom. The smallest absolute Gasteiger partial charge is 0.269 e. The molecule has 8 aromatic carbocycles. The van der Waals surface area contributed by atoms with Crippen LogP contribution in [0.1, 0.15) is 116 Å². The van der Waals surface area contributed by atoms with E-state index in [1.165, 1.54) is 120 Å². The number of benzene rings is 8. The number of aliphatic imine (C=N–C) groups is 2. The molecule has 8 aromatic rings. The minimum Gasteiger partial charge on any atom is -0.507 e. The SMILES string of the molecule is CC(C)(C)c1cc2c(O)c(c1)Sc1cc(C(C)(C)C)cc(c1OCCN=Cc1cc(N=Nc3ccc([N+](=O)[O-])cc3)ccc1O)Sc1cc(C(C)(C)C)cc(c1O)Sc1cc(C(C)(C)C)cc(c1OCCN=Cc1cc(N=Nc3ccc([N+](=O)[O-])cc3)ccc1O)S2. The van der Waals surface area contributed by atoms with E-state index in [0.717, 1.165) is 41.8 Å². The van der Waals surface area contributed by atoms with E-state index >= 15 is 0 Å². The first-order chi connectivity index (χ1) is 43.4. The minimum atomic E-state index is -0.486. The number of aromatic hydroxyl groups is 4. The van der Waals surface area contributed by atoms with Gasteiger partial charge in [-0.3, -0.25) is 30.2 Å². The van der Waals surface area contributed by atoms with Gasteiger partial charge in [0, 0.05) is 47.8 Å². The zero-order valence-electron chi connectivity index (χ0n) is 53.1. The average molecular weight is 1310 g/mol. The van der Waals surface area contributed by atoms with Crippen molar-refractivity contribution in [1.82, 2.24) is 0 Å². The molecule has 0 radical (unpaired) electrons. The maximum Gasteiger partial charge on any atom is 0.269 e. The zero-order valence-corrected chi connectivity index (χ0v) is 56.4. The normalized spacial score (nSPS) is 13.2. The molecule has 0 aliphatic carbocycles. The molecular weight excluding hydrogens is 1240 g/mol. The van der Waals surface area contributed by atoms with Gasteiger partial charge in [0.05, 0.1) is 84.8 Å². The van der Waals surface area contributed by atoms with Crippen LogP contribution < -0.4 is 9.47 Å². The van der Waals surface area contributed by atoms with E-state index in [1.807, 2.05) is 24.3 Å². The van der Waals surface area contributed by atoms with Gasteiger partial charge >= 0.3 is 0 Å². The fourth-order valence-electron chi connectivity index (χ4n) is 9.08. The largest absolute Gasteiger partial charge is 0.507 e. The van der Waals surface area contributed by atoms with Crippen LogP contribution in [0.3, 0.4) is 0 Å². The van der Waals surface area contributed by atoms with E-state index in [4.69, 9.17) is 9.47 Å². The van der Waals surface area contributed by atoms with Crippen molar-refractivity contribution in [3.63, 3.8) is 0 Å². The van der Waals surface area contributed by atoms with Crippen molar-refractivity contribution in [1.29, 1.82) is 0 Å². The topological polar surface area (TPSA) is 260 Å². The number of ether oxygens (including phenoxy) is 2. The molecule has 18 nitrogen and oxygen atoms in total. The molecule has 1 aliphatic heterocycles. The third kappa shape index (κ3) is 17.1. The minimum absolute atomic E-state index is 0.0244. The Labute approximate surface area is 552 Å². The zero-order chi connectivity index (χ0) is 66.5. The van der Waals surface area contributed by atoms with Crippen molar-refractivity contribution in [2.45, 2.75) is 144 Å². The van der Waals surface area contributed by atoms with Crippen LogP contribution >= 0.6 is 47.0 Å². The summed E-state index contributed by atoms with van der Waals surface area (Å²) in [6.45, 7) is 26.2. The lowest BCUT2D eigenvalue weighted by Crippen LogP contribution is -2.13. The highest BCUT2D eigenvalue weighted by molar-refractivity contribution is 8.01. The molecule has 0 unspecified atom stereocenters. The summed E-state index contributed by atoms with van der Waals surface area (Å²) in [4.78, 5) is 35.9. The fourth-order valence-corrected chi connectivity index (χ4v) is 13.6.